The van der Waals surface area contributed by atoms with Gasteiger partial charge in [0.05, 0.1) is 0 Å². The maximum Gasteiger partial charge on any atom is 0.412 e. The predicted molar refractivity (Wildman–Crippen MR) is 88.5 cm³/mol. The quantitative estimate of drug-likeness (QED) is 0.866. The van der Waals surface area contributed by atoms with Crippen LogP contribution in [0.3, 0.4) is 0 Å². The van der Waals surface area contributed by atoms with E-state index in [-0.39, 0.29) is 5.57 Å². The van der Waals surface area contributed by atoms with E-state index in [2.05, 4.69) is 11.9 Å². The van der Waals surface area contributed by atoms with Crippen LogP contribution < -0.4 is 5.32 Å². The smallest absolute Gasteiger partial charge is 0.412 e. The van der Waals surface area contributed by atoms with Crippen LogP contribution in [0.4, 0.5) is 10.5 Å². The van der Waals surface area contributed by atoms with Crippen LogP contribution in [0.1, 0.15) is 5.56 Å². The second kappa shape index (κ2) is 7.47. The average molecular weight is 332 g/mol. The number of carbonyl (C=O) groups excluding carboxylic acids is 1. The Hall–Kier alpha value is -2.79. The van der Waals surface area contributed by atoms with Gasteiger partial charge in [-0.25, -0.2) is 9.59 Å². The monoisotopic (exact) mass is 331 g/mol. The molecule has 0 bridgehead atoms. The molecule has 0 saturated carbocycles. The normalized spacial score (nSPS) is 11.3. The third-order valence-electron chi connectivity index (χ3n) is 3.00. The van der Waals surface area contributed by atoms with Crippen LogP contribution in [0.15, 0.2) is 61.2 Å². The Kier molecular flexibility index (Phi) is 5.38. The average Bonchev–Trinajstić information content (AvgIpc) is 2.53. The fraction of sp³-hybridized carbons (Fsp3) is 0.0588. The summed E-state index contributed by atoms with van der Waals surface area (Å²) in [7, 11) is 0. The van der Waals surface area contributed by atoms with Crippen molar-refractivity contribution in [3.05, 3.63) is 71.8 Å². The fourth-order valence-electron chi connectivity index (χ4n) is 1.86. The molecule has 6 heteroatoms. The number of halogens is 1. The van der Waals surface area contributed by atoms with Gasteiger partial charge in [-0.05, 0) is 29.8 Å². The highest BCUT2D eigenvalue weighted by molar-refractivity contribution is 6.30. The van der Waals surface area contributed by atoms with Crippen LogP contribution in [-0.2, 0) is 9.53 Å². The molecule has 1 amide bonds. The van der Waals surface area contributed by atoms with Gasteiger partial charge in [0.1, 0.15) is 0 Å². The van der Waals surface area contributed by atoms with Gasteiger partial charge in [-0.1, -0.05) is 48.5 Å². The second-order valence-corrected chi connectivity index (χ2v) is 5.08. The van der Waals surface area contributed by atoms with Crippen molar-refractivity contribution in [3.63, 3.8) is 0 Å². The van der Waals surface area contributed by atoms with Crippen molar-refractivity contribution in [2.24, 2.45) is 0 Å². The van der Waals surface area contributed by atoms with Gasteiger partial charge in [0.25, 0.3) is 0 Å². The number of anilines is 1. The van der Waals surface area contributed by atoms with Gasteiger partial charge < -0.3 is 9.84 Å². The van der Waals surface area contributed by atoms with Crippen molar-refractivity contribution >= 4 is 34.9 Å². The Labute approximate surface area is 138 Å². The molecule has 23 heavy (non-hydrogen) atoms. The number of aliphatic carboxylic acids is 1. The van der Waals surface area contributed by atoms with E-state index in [9.17, 15) is 14.7 Å². The highest BCUT2D eigenvalue weighted by atomic mass is 35.5. The van der Waals surface area contributed by atoms with Gasteiger partial charge >= 0.3 is 12.1 Å². The Balaban J connectivity index is 2.09. The summed E-state index contributed by atoms with van der Waals surface area (Å²) in [5, 5.41) is 12.2. The molecule has 0 fully saturated rings. The van der Waals surface area contributed by atoms with Crippen LogP contribution in [-0.4, -0.2) is 23.3 Å². The summed E-state index contributed by atoms with van der Waals surface area (Å²) in [6.07, 6.45) is -2.38. The summed E-state index contributed by atoms with van der Waals surface area (Å²) in [6, 6.07) is 15.0. The molecule has 1 unspecified atom stereocenters. The lowest BCUT2D eigenvalue weighted by atomic mass is 10.0. The maximum absolute atomic E-state index is 11.9. The zero-order valence-corrected chi connectivity index (χ0v) is 12.8. The Morgan fingerprint density at radius 1 is 1.09 bits per heavy atom. The van der Waals surface area contributed by atoms with Crippen LogP contribution in [0.2, 0.25) is 5.02 Å². The molecule has 0 aliphatic carbocycles. The molecule has 0 saturated heterocycles. The molecule has 2 aromatic carbocycles. The number of benzene rings is 2. The lowest BCUT2D eigenvalue weighted by molar-refractivity contribution is -0.143. The van der Waals surface area contributed by atoms with Crippen LogP contribution in [0, 0.1) is 0 Å². The van der Waals surface area contributed by atoms with Gasteiger partial charge in [-0.2, -0.15) is 0 Å². The van der Waals surface area contributed by atoms with E-state index in [0.29, 0.717) is 16.3 Å². The van der Waals surface area contributed by atoms with E-state index in [0.717, 1.165) is 0 Å². The van der Waals surface area contributed by atoms with Crippen LogP contribution in [0.5, 0.6) is 0 Å². The molecular weight excluding hydrogens is 318 g/mol. The number of carbonyl (C=O) groups is 2. The standard InChI is InChI=1S/C17H14ClNO4/c1-11(12-7-9-13(18)10-8-12)15(16(20)21)23-17(22)19-14-5-3-2-4-6-14/h2-10,15H,1H2,(H,19,22)(H,20,21). The lowest BCUT2D eigenvalue weighted by Crippen LogP contribution is -2.30. The molecule has 118 valence electrons. The molecule has 0 aliphatic heterocycles. The number of rotatable bonds is 5. The Bertz CT molecular complexity index is 713. The third kappa shape index (κ3) is 4.59. The van der Waals surface area contributed by atoms with E-state index < -0.39 is 18.2 Å². The SMILES string of the molecule is C=C(c1ccc(Cl)cc1)C(OC(=O)Nc1ccccc1)C(=O)O. The summed E-state index contributed by atoms with van der Waals surface area (Å²) in [6.45, 7) is 3.71. The van der Waals surface area contributed by atoms with Gasteiger partial charge in [0.15, 0.2) is 0 Å². The number of hydrogen-bond donors (Lipinski definition) is 2. The number of amides is 1. The van der Waals surface area contributed by atoms with Gasteiger partial charge in [-0.3, -0.25) is 5.32 Å². The van der Waals surface area contributed by atoms with Gasteiger partial charge in [0.2, 0.25) is 6.10 Å². The minimum Gasteiger partial charge on any atom is -0.478 e. The summed E-state index contributed by atoms with van der Waals surface area (Å²) in [5.41, 5.74) is 1.17. The first-order valence-electron chi connectivity index (χ1n) is 6.67. The number of hydrogen-bond acceptors (Lipinski definition) is 3. The van der Waals surface area contributed by atoms with Crippen molar-refractivity contribution in [3.8, 4) is 0 Å². The Morgan fingerprint density at radius 3 is 2.26 bits per heavy atom. The highest BCUT2D eigenvalue weighted by Crippen LogP contribution is 2.22. The number of para-hydroxylation sites is 1. The molecule has 1 atom stereocenters. The van der Waals surface area contributed by atoms with Gasteiger partial charge in [0, 0.05) is 16.3 Å². The lowest BCUT2D eigenvalue weighted by Gasteiger charge is -2.17. The molecular formula is C17H14ClNO4. The molecule has 2 rings (SSSR count). The molecule has 2 N–H and O–H groups in total. The molecule has 2 aromatic rings. The largest absolute Gasteiger partial charge is 0.478 e. The molecule has 0 spiro atoms. The first kappa shape index (κ1) is 16.6. The number of ether oxygens (including phenoxy) is 1. The van der Waals surface area contributed by atoms with Crippen molar-refractivity contribution in [2.75, 3.05) is 5.32 Å². The van der Waals surface area contributed by atoms with Crippen molar-refractivity contribution in [1.82, 2.24) is 0 Å². The molecule has 0 radical (unpaired) electrons. The minimum absolute atomic E-state index is 0.150. The van der Waals surface area contributed by atoms with Crippen LogP contribution >= 0.6 is 11.6 Å². The summed E-state index contributed by atoms with van der Waals surface area (Å²) >= 11 is 5.79. The number of nitrogens with one attached hydrogen (secondary N) is 1. The van der Waals surface area contributed by atoms with E-state index in [4.69, 9.17) is 16.3 Å². The molecule has 0 aromatic heterocycles. The fourth-order valence-corrected chi connectivity index (χ4v) is 1.99. The predicted octanol–water partition coefficient (Wildman–Crippen LogP) is 4.06. The maximum atomic E-state index is 11.9. The zero-order chi connectivity index (χ0) is 16.8. The minimum atomic E-state index is -1.50. The summed E-state index contributed by atoms with van der Waals surface area (Å²) in [5.74, 6) is -1.31. The summed E-state index contributed by atoms with van der Waals surface area (Å²) < 4.78 is 4.98. The summed E-state index contributed by atoms with van der Waals surface area (Å²) in [4.78, 5) is 23.2. The van der Waals surface area contributed by atoms with Gasteiger partial charge in [-0.15, -0.1) is 0 Å². The highest BCUT2D eigenvalue weighted by Gasteiger charge is 2.26. The topological polar surface area (TPSA) is 75.6 Å². The first-order valence-corrected chi connectivity index (χ1v) is 7.05. The molecule has 0 heterocycles. The molecule has 5 nitrogen and oxygen atoms in total. The van der Waals surface area contributed by atoms with Crippen LogP contribution in [0.25, 0.3) is 5.57 Å². The Morgan fingerprint density at radius 2 is 1.70 bits per heavy atom. The van der Waals surface area contributed by atoms with Crippen molar-refractivity contribution in [1.29, 1.82) is 0 Å². The van der Waals surface area contributed by atoms with E-state index >= 15 is 0 Å². The number of carboxylic acids is 1. The van der Waals surface area contributed by atoms with E-state index in [1.54, 1.807) is 54.6 Å². The number of carboxylic acid groups (broad SMARTS) is 1. The first-order chi connectivity index (χ1) is 11.0. The van der Waals surface area contributed by atoms with Crippen molar-refractivity contribution < 1.29 is 19.4 Å². The van der Waals surface area contributed by atoms with E-state index in [1.807, 2.05) is 0 Å². The molecule has 0 aliphatic rings. The van der Waals surface area contributed by atoms with E-state index in [1.165, 1.54) is 0 Å². The van der Waals surface area contributed by atoms with Crippen molar-refractivity contribution in [2.45, 2.75) is 6.10 Å². The third-order valence-corrected chi connectivity index (χ3v) is 3.25. The zero-order valence-electron chi connectivity index (χ0n) is 12.0. The second-order valence-electron chi connectivity index (χ2n) is 4.65.